The van der Waals surface area contributed by atoms with Crippen LogP contribution in [0.5, 0.6) is 0 Å². The molecule has 0 aliphatic rings. The van der Waals surface area contributed by atoms with Gasteiger partial charge in [-0.15, -0.1) is 6.58 Å². The van der Waals surface area contributed by atoms with Gasteiger partial charge in [-0.1, -0.05) is 6.08 Å². The second kappa shape index (κ2) is 3.89. The molecule has 1 aromatic heterocycles. The van der Waals surface area contributed by atoms with Crippen LogP contribution in [0.15, 0.2) is 41.7 Å². The lowest BCUT2D eigenvalue weighted by atomic mass is 10.2. The van der Waals surface area contributed by atoms with Gasteiger partial charge in [-0.25, -0.2) is 8.78 Å². The number of nitrogens with zero attached hydrogens (tertiary/aromatic N) is 1. The first-order valence-corrected chi connectivity index (χ1v) is 4.73. The van der Waals surface area contributed by atoms with Gasteiger partial charge in [0.15, 0.2) is 0 Å². The molecule has 0 saturated carbocycles. The van der Waals surface area contributed by atoms with E-state index in [1.807, 2.05) is 0 Å². The van der Waals surface area contributed by atoms with Crippen molar-refractivity contribution >= 4 is 10.9 Å². The number of aromatic nitrogens is 1. The van der Waals surface area contributed by atoms with E-state index in [1.165, 1.54) is 22.8 Å². The van der Waals surface area contributed by atoms with Crippen molar-refractivity contribution in [2.24, 2.45) is 0 Å². The summed E-state index contributed by atoms with van der Waals surface area (Å²) in [6.45, 7) is 3.72. The van der Waals surface area contributed by atoms with Crippen LogP contribution in [0.25, 0.3) is 10.9 Å². The molecule has 0 aliphatic carbocycles. The molecular formula is C12H9F2NO. The number of hydrogen-bond donors (Lipinski definition) is 0. The molecule has 82 valence electrons. The summed E-state index contributed by atoms with van der Waals surface area (Å²) in [6, 6.07) is 4.55. The molecule has 2 rings (SSSR count). The van der Waals surface area contributed by atoms with Gasteiger partial charge in [-0.2, -0.15) is 0 Å². The fourth-order valence-corrected chi connectivity index (χ4v) is 1.64. The molecule has 0 unspecified atom stereocenters. The molecule has 0 atom stereocenters. The molecule has 0 radical (unpaired) electrons. The van der Waals surface area contributed by atoms with Crippen molar-refractivity contribution in [3.63, 3.8) is 0 Å². The first-order valence-electron chi connectivity index (χ1n) is 4.73. The molecule has 0 aliphatic heterocycles. The molecule has 4 heteroatoms. The minimum Gasteiger partial charge on any atom is -0.304 e. The third-order valence-electron chi connectivity index (χ3n) is 2.33. The molecule has 1 aromatic carbocycles. The lowest BCUT2D eigenvalue weighted by molar-refractivity contribution is 0.589. The maximum Gasteiger partial charge on any atom is 0.251 e. The summed E-state index contributed by atoms with van der Waals surface area (Å²) in [6.07, 6.45) is 1.50. The van der Waals surface area contributed by atoms with Crippen molar-refractivity contribution in [2.45, 2.75) is 6.54 Å². The van der Waals surface area contributed by atoms with Crippen LogP contribution in [-0.2, 0) is 6.54 Å². The summed E-state index contributed by atoms with van der Waals surface area (Å²) in [5.74, 6) is -1.37. The maximum absolute atomic E-state index is 13.4. The number of benzene rings is 1. The largest absolute Gasteiger partial charge is 0.304 e. The summed E-state index contributed by atoms with van der Waals surface area (Å²) >= 11 is 0. The van der Waals surface area contributed by atoms with E-state index >= 15 is 0 Å². The smallest absolute Gasteiger partial charge is 0.251 e. The van der Waals surface area contributed by atoms with Crippen molar-refractivity contribution in [1.29, 1.82) is 0 Å². The van der Waals surface area contributed by atoms with Crippen LogP contribution in [0, 0.1) is 11.6 Å². The Balaban J connectivity index is 2.91. The highest BCUT2D eigenvalue weighted by atomic mass is 19.1. The van der Waals surface area contributed by atoms with Crippen LogP contribution in [0.3, 0.4) is 0 Å². The molecule has 1 heterocycles. The van der Waals surface area contributed by atoms with Crippen molar-refractivity contribution in [2.75, 3.05) is 0 Å². The van der Waals surface area contributed by atoms with Crippen LogP contribution in [-0.4, -0.2) is 4.57 Å². The molecule has 2 aromatic rings. The fourth-order valence-electron chi connectivity index (χ4n) is 1.64. The molecule has 0 spiro atoms. The molecule has 0 amide bonds. The van der Waals surface area contributed by atoms with Gasteiger partial charge >= 0.3 is 0 Å². The Bertz CT molecular complexity index is 616. The Morgan fingerprint density at radius 2 is 2.06 bits per heavy atom. The number of fused-ring (bicyclic) bond motifs is 1. The lowest BCUT2D eigenvalue weighted by Crippen LogP contribution is -2.18. The highest BCUT2D eigenvalue weighted by molar-refractivity contribution is 5.79. The summed E-state index contributed by atoms with van der Waals surface area (Å²) in [5, 5.41) is 0.225. The third-order valence-corrected chi connectivity index (χ3v) is 2.33. The van der Waals surface area contributed by atoms with Gasteiger partial charge in [-0.05, 0) is 12.1 Å². The Morgan fingerprint density at radius 1 is 1.31 bits per heavy atom. The summed E-state index contributed by atoms with van der Waals surface area (Å²) in [7, 11) is 0. The Kier molecular flexibility index (Phi) is 2.56. The van der Waals surface area contributed by atoms with Gasteiger partial charge in [0, 0.05) is 24.1 Å². The first-order chi connectivity index (χ1) is 7.63. The Hall–Kier alpha value is -1.97. The molecular weight excluding hydrogens is 212 g/mol. The lowest BCUT2D eigenvalue weighted by Gasteiger charge is -2.08. The van der Waals surface area contributed by atoms with Gasteiger partial charge in [-0.3, -0.25) is 4.79 Å². The van der Waals surface area contributed by atoms with Crippen LogP contribution < -0.4 is 5.56 Å². The van der Waals surface area contributed by atoms with Gasteiger partial charge in [0.05, 0.1) is 5.52 Å². The van der Waals surface area contributed by atoms with Gasteiger partial charge in [0.2, 0.25) is 0 Å². The average molecular weight is 221 g/mol. The topological polar surface area (TPSA) is 22.0 Å². The zero-order valence-electron chi connectivity index (χ0n) is 8.41. The van der Waals surface area contributed by atoms with E-state index in [4.69, 9.17) is 0 Å². The maximum atomic E-state index is 13.4. The minimum atomic E-state index is -0.701. The van der Waals surface area contributed by atoms with E-state index in [-0.39, 0.29) is 23.0 Å². The van der Waals surface area contributed by atoms with Gasteiger partial charge in [0.25, 0.3) is 5.56 Å². The first kappa shape index (κ1) is 10.5. The van der Waals surface area contributed by atoms with Crippen molar-refractivity contribution in [1.82, 2.24) is 4.57 Å². The second-order valence-electron chi connectivity index (χ2n) is 3.39. The minimum absolute atomic E-state index is 0.221. The predicted molar refractivity (Wildman–Crippen MR) is 58.3 cm³/mol. The van der Waals surface area contributed by atoms with Crippen LogP contribution in [0.1, 0.15) is 0 Å². The zero-order valence-corrected chi connectivity index (χ0v) is 8.41. The zero-order chi connectivity index (χ0) is 11.7. The number of halogens is 2. The molecule has 0 saturated heterocycles. The summed E-state index contributed by atoms with van der Waals surface area (Å²) in [5.41, 5.74) is -0.0673. The molecule has 2 nitrogen and oxygen atoms in total. The van der Waals surface area contributed by atoms with Crippen LogP contribution >= 0.6 is 0 Å². The Morgan fingerprint density at radius 3 is 2.75 bits per heavy atom. The quantitative estimate of drug-likeness (QED) is 0.714. The van der Waals surface area contributed by atoms with E-state index in [0.29, 0.717) is 0 Å². The van der Waals surface area contributed by atoms with Gasteiger partial charge in [0.1, 0.15) is 11.6 Å². The van der Waals surface area contributed by atoms with Gasteiger partial charge < -0.3 is 4.57 Å². The van der Waals surface area contributed by atoms with Crippen molar-refractivity contribution in [3.8, 4) is 0 Å². The predicted octanol–water partition coefficient (Wildman–Crippen LogP) is 2.47. The number of rotatable bonds is 2. The van der Waals surface area contributed by atoms with Crippen LogP contribution in [0.2, 0.25) is 0 Å². The molecule has 0 fully saturated rings. The standard InChI is InChI=1S/C12H9F2NO/c1-2-5-15-11-7-8(13)6-10(14)9(11)3-4-12(15)16/h2-4,6-7H,1,5H2. The number of pyridine rings is 1. The molecule has 0 N–H and O–H groups in total. The van der Waals surface area contributed by atoms with E-state index in [2.05, 4.69) is 6.58 Å². The van der Waals surface area contributed by atoms with Crippen molar-refractivity contribution in [3.05, 3.63) is 58.9 Å². The molecule has 0 bridgehead atoms. The Labute approximate surface area is 90.4 Å². The SMILES string of the molecule is C=CCn1c(=O)ccc2c(F)cc(F)cc21. The molecule has 16 heavy (non-hydrogen) atoms. The summed E-state index contributed by atoms with van der Waals surface area (Å²) in [4.78, 5) is 11.5. The van der Waals surface area contributed by atoms with Crippen molar-refractivity contribution < 1.29 is 8.78 Å². The van der Waals surface area contributed by atoms with E-state index < -0.39 is 11.6 Å². The number of allylic oxidation sites excluding steroid dienone is 1. The fraction of sp³-hybridized carbons (Fsp3) is 0.0833. The average Bonchev–Trinajstić information content (AvgIpc) is 2.22. The normalized spacial score (nSPS) is 10.6. The highest BCUT2D eigenvalue weighted by Crippen LogP contribution is 2.17. The second-order valence-corrected chi connectivity index (χ2v) is 3.39. The monoisotopic (exact) mass is 221 g/mol. The van der Waals surface area contributed by atoms with Crippen LogP contribution in [0.4, 0.5) is 8.78 Å². The van der Waals surface area contributed by atoms with E-state index in [0.717, 1.165) is 12.1 Å². The van der Waals surface area contributed by atoms with E-state index in [9.17, 15) is 13.6 Å². The highest BCUT2D eigenvalue weighted by Gasteiger charge is 2.08. The van der Waals surface area contributed by atoms with E-state index in [1.54, 1.807) is 0 Å². The summed E-state index contributed by atoms with van der Waals surface area (Å²) < 4.78 is 27.8. The number of hydrogen-bond acceptors (Lipinski definition) is 1. The third kappa shape index (κ3) is 1.62.